The lowest BCUT2D eigenvalue weighted by molar-refractivity contribution is 0.0593. The molecule has 3 heterocycles. The maximum absolute atomic E-state index is 9.93. The second-order valence-corrected chi connectivity index (χ2v) is 5.55. The van der Waals surface area contributed by atoms with Crippen molar-refractivity contribution in [2.75, 3.05) is 17.7 Å². The van der Waals surface area contributed by atoms with Crippen molar-refractivity contribution in [1.29, 1.82) is 0 Å². The number of ether oxygens (including phenoxy) is 1. The molecule has 0 aliphatic carbocycles. The van der Waals surface area contributed by atoms with Crippen molar-refractivity contribution in [3.8, 4) is 11.5 Å². The van der Waals surface area contributed by atoms with Gasteiger partial charge in [0.15, 0.2) is 17.0 Å². The Bertz CT molecular complexity index is 904. The van der Waals surface area contributed by atoms with Crippen LogP contribution in [0.1, 0.15) is 19.1 Å². The quantitative estimate of drug-likeness (QED) is 0.423. The maximum Gasteiger partial charge on any atom is 0.224 e. The van der Waals surface area contributed by atoms with E-state index in [0.717, 1.165) is 12.8 Å². The third kappa shape index (κ3) is 2.44. The van der Waals surface area contributed by atoms with E-state index in [1.54, 1.807) is 6.33 Å². The normalized spacial score (nSPS) is 17.4. The van der Waals surface area contributed by atoms with Crippen LogP contribution in [0, 0.1) is 0 Å². The van der Waals surface area contributed by atoms with Crippen LogP contribution >= 0.6 is 0 Å². The molecule has 1 aliphatic heterocycles. The molecule has 4 rings (SSSR count). The van der Waals surface area contributed by atoms with Gasteiger partial charge in [0.25, 0.3) is 0 Å². The summed E-state index contributed by atoms with van der Waals surface area (Å²) in [5, 5.41) is 22.3. The number of nitrogen functional groups attached to an aromatic ring is 1. The van der Waals surface area contributed by atoms with Gasteiger partial charge in [0.05, 0.1) is 12.0 Å². The number of aromatic nitrogens is 4. The highest BCUT2D eigenvalue weighted by Crippen LogP contribution is 2.33. The topological polar surface area (TPSA) is 131 Å². The molecule has 1 unspecified atom stereocenters. The van der Waals surface area contributed by atoms with Crippen LogP contribution in [0.15, 0.2) is 24.5 Å². The average Bonchev–Trinajstić information content (AvgIpc) is 3.18. The number of rotatable bonds is 3. The summed E-state index contributed by atoms with van der Waals surface area (Å²) in [6, 6.07) is 4.22. The maximum atomic E-state index is 9.93. The number of nitrogens with zero attached hydrogens (tertiary/aromatic N) is 4. The molecular weight excluding hydrogens is 312 g/mol. The monoisotopic (exact) mass is 328 g/mol. The molecule has 1 aliphatic rings. The summed E-state index contributed by atoms with van der Waals surface area (Å²) >= 11 is 0. The number of benzene rings is 1. The predicted molar refractivity (Wildman–Crippen MR) is 87.0 cm³/mol. The lowest BCUT2D eigenvalue weighted by atomic mass is 10.2. The minimum atomic E-state index is -0.112. The van der Waals surface area contributed by atoms with Crippen molar-refractivity contribution in [1.82, 2.24) is 19.5 Å². The van der Waals surface area contributed by atoms with Gasteiger partial charge in [-0.1, -0.05) is 0 Å². The van der Waals surface area contributed by atoms with Gasteiger partial charge >= 0.3 is 0 Å². The Balaban J connectivity index is 1.77. The van der Waals surface area contributed by atoms with Crippen molar-refractivity contribution in [3.05, 3.63) is 24.5 Å². The second kappa shape index (κ2) is 5.53. The molecule has 0 saturated carbocycles. The SMILES string of the molecule is Nc1nc(Nc2ccc(O)cc2O)c2ncn(C3CCCO3)c2n1. The van der Waals surface area contributed by atoms with E-state index in [2.05, 4.69) is 20.3 Å². The zero-order valence-corrected chi connectivity index (χ0v) is 12.7. The first kappa shape index (κ1) is 14.5. The molecule has 124 valence electrons. The minimum Gasteiger partial charge on any atom is -0.508 e. The largest absolute Gasteiger partial charge is 0.508 e. The first-order valence-corrected chi connectivity index (χ1v) is 7.52. The van der Waals surface area contributed by atoms with E-state index in [0.29, 0.717) is 29.3 Å². The number of nitrogens with one attached hydrogen (secondary N) is 1. The van der Waals surface area contributed by atoms with Crippen molar-refractivity contribution >= 4 is 28.6 Å². The van der Waals surface area contributed by atoms with Gasteiger partial charge in [0.1, 0.15) is 17.7 Å². The molecule has 24 heavy (non-hydrogen) atoms. The molecule has 1 saturated heterocycles. The highest BCUT2D eigenvalue weighted by Gasteiger charge is 2.22. The van der Waals surface area contributed by atoms with E-state index in [4.69, 9.17) is 10.5 Å². The minimum absolute atomic E-state index is 0.0342. The standard InChI is InChI=1S/C15H16N6O3/c16-15-19-13(18-9-4-3-8(22)6-10(9)23)12-14(20-15)21(7-17-12)11-2-1-5-24-11/h3-4,6-7,11,22-23H,1-2,5H2,(H3,16,18,19,20). The summed E-state index contributed by atoms with van der Waals surface area (Å²) in [4.78, 5) is 12.8. The predicted octanol–water partition coefficient (Wildman–Crippen LogP) is 1.87. The number of aromatic hydroxyl groups is 2. The molecular formula is C15H16N6O3. The number of phenols is 2. The first-order chi connectivity index (χ1) is 11.6. The van der Waals surface area contributed by atoms with E-state index >= 15 is 0 Å². The molecule has 0 bridgehead atoms. The number of hydrogen-bond donors (Lipinski definition) is 4. The molecule has 9 nitrogen and oxygen atoms in total. The van der Waals surface area contributed by atoms with Crippen LogP contribution < -0.4 is 11.1 Å². The Morgan fingerprint density at radius 2 is 2.17 bits per heavy atom. The van der Waals surface area contributed by atoms with Gasteiger partial charge in [0.2, 0.25) is 5.95 Å². The van der Waals surface area contributed by atoms with Crippen LogP contribution in [-0.4, -0.2) is 36.3 Å². The molecule has 1 atom stereocenters. The molecule has 0 spiro atoms. The van der Waals surface area contributed by atoms with Gasteiger partial charge in [-0.25, -0.2) is 4.98 Å². The third-order valence-corrected chi connectivity index (χ3v) is 3.89. The Hall–Kier alpha value is -3.07. The molecule has 5 N–H and O–H groups in total. The van der Waals surface area contributed by atoms with E-state index in [1.165, 1.54) is 18.2 Å². The summed E-state index contributed by atoms with van der Waals surface area (Å²) in [5.41, 5.74) is 7.28. The summed E-state index contributed by atoms with van der Waals surface area (Å²) in [6.07, 6.45) is 3.41. The Morgan fingerprint density at radius 1 is 1.29 bits per heavy atom. The number of nitrogens with two attached hydrogens (primary N) is 1. The molecule has 0 amide bonds. The molecule has 0 radical (unpaired) electrons. The first-order valence-electron chi connectivity index (χ1n) is 7.52. The summed E-state index contributed by atoms with van der Waals surface area (Å²) in [6.45, 7) is 0.706. The highest BCUT2D eigenvalue weighted by atomic mass is 16.5. The van der Waals surface area contributed by atoms with Crippen molar-refractivity contribution in [2.45, 2.75) is 19.1 Å². The number of hydrogen-bond acceptors (Lipinski definition) is 8. The van der Waals surface area contributed by atoms with Gasteiger partial charge in [-0.3, -0.25) is 4.57 Å². The third-order valence-electron chi connectivity index (χ3n) is 3.89. The van der Waals surface area contributed by atoms with E-state index < -0.39 is 0 Å². The van der Waals surface area contributed by atoms with Gasteiger partial charge in [-0.2, -0.15) is 9.97 Å². The molecule has 9 heteroatoms. The van der Waals surface area contributed by atoms with Gasteiger partial charge in [0, 0.05) is 12.7 Å². The zero-order valence-electron chi connectivity index (χ0n) is 12.7. The van der Waals surface area contributed by atoms with Crippen LogP contribution in [0.5, 0.6) is 11.5 Å². The summed E-state index contributed by atoms with van der Waals surface area (Å²) in [7, 11) is 0. The second-order valence-electron chi connectivity index (χ2n) is 5.55. The van der Waals surface area contributed by atoms with E-state index in [-0.39, 0.29) is 23.7 Å². The number of imidazole rings is 1. The Morgan fingerprint density at radius 3 is 2.92 bits per heavy atom. The highest BCUT2D eigenvalue weighted by molar-refractivity contribution is 5.87. The van der Waals surface area contributed by atoms with E-state index in [1.807, 2.05) is 4.57 Å². The van der Waals surface area contributed by atoms with Gasteiger partial charge in [-0.15, -0.1) is 0 Å². The van der Waals surface area contributed by atoms with Gasteiger partial charge < -0.3 is 26.0 Å². The van der Waals surface area contributed by atoms with Crippen LogP contribution in [0.3, 0.4) is 0 Å². The van der Waals surface area contributed by atoms with Crippen LogP contribution in [-0.2, 0) is 4.74 Å². The number of anilines is 3. The lowest BCUT2D eigenvalue weighted by Crippen LogP contribution is -2.08. The number of phenolic OH excluding ortho intramolecular Hbond substituents is 2. The Kier molecular flexibility index (Phi) is 3.35. The van der Waals surface area contributed by atoms with Crippen molar-refractivity contribution in [3.63, 3.8) is 0 Å². The van der Waals surface area contributed by atoms with Crippen molar-refractivity contribution in [2.24, 2.45) is 0 Å². The van der Waals surface area contributed by atoms with Crippen LogP contribution in [0.25, 0.3) is 11.2 Å². The molecule has 1 fully saturated rings. The Labute approximate surface area is 136 Å². The average molecular weight is 328 g/mol. The molecule has 2 aromatic heterocycles. The van der Waals surface area contributed by atoms with E-state index in [9.17, 15) is 10.2 Å². The zero-order chi connectivity index (χ0) is 16.7. The lowest BCUT2D eigenvalue weighted by Gasteiger charge is -2.12. The fraction of sp³-hybridized carbons (Fsp3) is 0.267. The fourth-order valence-electron chi connectivity index (χ4n) is 2.76. The summed E-state index contributed by atoms with van der Waals surface area (Å²) < 4.78 is 7.50. The van der Waals surface area contributed by atoms with Gasteiger partial charge in [-0.05, 0) is 25.0 Å². The van der Waals surface area contributed by atoms with Crippen molar-refractivity contribution < 1.29 is 14.9 Å². The number of fused-ring (bicyclic) bond motifs is 1. The fourth-order valence-corrected chi connectivity index (χ4v) is 2.76. The summed E-state index contributed by atoms with van der Waals surface area (Å²) in [5.74, 6) is 0.310. The van der Waals surface area contributed by atoms with Crippen LogP contribution in [0.4, 0.5) is 17.5 Å². The van der Waals surface area contributed by atoms with Crippen LogP contribution in [0.2, 0.25) is 0 Å². The molecule has 1 aromatic carbocycles. The molecule has 3 aromatic rings. The smallest absolute Gasteiger partial charge is 0.224 e.